The van der Waals surface area contributed by atoms with Crippen LogP contribution in [0.15, 0.2) is 0 Å². The van der Waals surface area contributed by atoms with Crippen molar-refractivity contribution in [3.05, 3.63) is 0 Å². The number of hydrogen-bond donors (Lipinski definition) is 4. The molecule has 0 aromatic carbocycles. The van der Waals surface area contributed by atoms with E-state index in [1.165, 1.54) is 0 Å². The summed E-state index contributed by atoms with van der Waals surface area (Å²) in [4.78, 5) is 55.3. The molecule has 10 N–H and O–H groups in total. The molecule has 0 saturated heterocycles. The first-order valence-electron chi connectivity index (χ1n) is 6.35. The lowest BCUT2D eigenvalue weighted by molar-refractivity contribution is -0.283. The Labute approximate surface area is 157 Å². The van der Waals surface area contributed by atoms with Crippen molar-refractivity contribution in [2.24, 2.45) is 16.6 Å². The standard InChI is InChI=1S/C6H13NO2.C6H10O3.CH2O2.CO2.FH.H3N.H2O.H2/c2*1-6(2,3)4(7)5(8)9;2*2-1-3;;;;/h4H,7H2,1-3H3,(H,8,9);1-3H3,(H,8,9);1H,(H,2,3);;1H;1H3;1H2;1H/t4-;;;;;;;/m1......./s1/i;;;;;;;1+1. The van der Waals surface area contributed by atoms with Gasteiger partial charge in [0.1, 0.15) is 6.04 Å². The summed E-state index contributed by atoms with van der Waals surface area (Å²) in [6, 6.07) is -0.766. The maximum atomic E-state index is 10.6. The fraction of sp³-hybridized carbons (Fsp3) is 0.643. The van der Waals surface area contributed by atoms with Crippen LogP contribution in [-0.4, -0.2) is 52.1 Å². The number of Topliss-reactive ketones (excluding diaryl/α,β-unsaturated/α-hetero) is 1. The summed E-state index contributed by atoms with van der Waals surface area (Å²) in [5, 5.41) is 24.8. The third kappa shape index (κ3) is 35.3. The number of hydrogen-bond acceptors (Lipinski definition) is 8. The number of quaternary nitrogens is 1. The molecule has 0 aromatic heterocycles. The molecule has 0 saturated carbocycles. The minimum absolute atomic E-state index is 0. The van der Waals surface area contributed by atoms with Crippen molar-refractivity contribution in [2.45, 2.75) is 47.6 Å². The number of carboxylic acid groups (broad SMARTS) is 3. The van der Waals surface area contributed by atoms with Crippen LogP contribution in [-0.2, 0) is 28.8 Å². The molecule has 0 rings (SSSR count). The van der Waals surface area contributed by atoms with Gasteiger partial charge in [-0.2, -0.15) is 9.59 Å². The van der Waals surface area contributed by atoms with Crippen LogP contribution in [0.3, 0.4) is 0 Å². The first kappa shape index (κ1) is 44.1. The fourth-order valence-corrected chi connectivity index (χ4v) is 0.691. The maximum Gasteiger partial charge on any atom is 0.373 e. The molecule has 0 spiro atoms. The minimum atomic E-state index is -1.36. The molecule has 0 aliphatic carbocycles. The van der Waals surface area contributed by atoms with Gasteiger partial charge < -0.3 is 37.5 Å². The van der Waals surface area contributed by atoms with Gasteiger partial charge in [-0.15, -0.1) is 0 Å². The lowest BCUT2D eigenvalue weighted by Gasteiger charge is -2.22. The van der Waals surface area contributed by atoms with Gasteiger partial charge in [-0.1, -0.05) is 41.5 Å². The van der Waals surface area contributed by atoms with Crippen LogP contribution in [0.2, 0.25) is 0 Å². The number of halogens is 1. The Kier molecular flexibility index (Phi) is 34.8. The van der Waals surface area contributed by atoms with E-state index in [1.807, 2.05) is 0 Å². The Morgan fingerprint density at radius 3 is 1.30 bits per heavy atom. The summed E-state index contributed by atoms with van der Waals surface area (Å²) in [6.45, 7) is 9.61. The van der Waals surface area contributed by atoms with E-state index in [-0.39, 0.29) is 29.3 Å². The van der Waals surface area contributed by atoms with E-state index in [1.54, 1.807) is 41.5 Å². The van der Waals surface area contributed by atoms with Crippen molar-refractivity contribution >= 4 is 30.3 Å². The van der Waals surface area contributed by atoms with E-state index in [4.69, 9.17) is 35.4 Å². The van der Waals surface area contributed by atoms with Crippen LogP contribution in [0, 0.1) is 10.8 Å². The van der Waals surface area contributed by atoms with Gasteiger partial charge in [0.2, 0.25) is 5.78 Å². The van der Waals surface area contributed by atoms with Crippen LogP contribution < -0.4 is 17.0 Å². The SMILES string of the molecule is CC(C)(C)C(=O)C(=O)O.CC(C)(C)[C@H](N)C(=O)O.F.O.O=C=O.O=C[O-].[2HH].[NH4+]. The lowest BCUT2D eigenvalue weighted by atomic mass is 9.88. The summed E-state index contributed by atoms with van der Waals surface area (Å²) >= 11 is 0. The Morgan fingerprint density at radius 1 is 1.07 bits per heavy atom. The molecule has 166 valence electrons. The monoisotopic (exact) mass is 409 g/mol. The molecule has 0 bridgehead atoms. The molecule has 27 heavy (non-hydrogen) atoms. The number of carbonyl (C=O) groups is 4. The molecule has 0 heterocycles. The number of nitrogens with two attached hydrogens (primary N) is 1. The largest absolute Gasteiger partial charge is 0.554 e. The summed E-state index contributed by atoms with van der Waals surface area (Å²) in [7, 11) is 0. The van der Waals surface area contributed by atoms with Crippen molar-refractivity contribution in [1.29, 1.82) is 0 Å². The Hall–Kier alpha value is -2.73. The molecule has 0 aromatic rings. The number of ketones is 1. The van der Waals surface area contributed by atoms with Gasteiger partial charge in [0.15, 0.2) is 0 Å². The summed E-state index contributed by atoms with van der Waals surface area (Å²) in [5.41, 5.74) is 4.19. The summed E-state index contributed by atoms with van der Waals surface area (Å²) in [6.07, 6.45) is 0.250. The van der Waals surface area contributed by atoms with Crippen molar-refractivity contribution in [3.8, 4) is 0 Å². The highest BCUT2D eigenvalue weighted by molar-refractivity contribution is 6.34. The van der Waals surface area contributed by atoms with Crippen LogP contribution in [0.1, 0.15) is 43.0 Å². The Bertz CT molecular complexity index is 456. The second kappa shape index (κ2) is 21.3. The second-order valence-electron chi connectivity index (χ2n) is 6.25. The van der Waals surface area contributed by atoms with Crippen LogP contribution in [0.4, 0.5) is 4.70 Å². The molecule has 0 amide bonds. The van der Waals surface area contributed by atoms with E-state index in [2.05, 4.69) is 0 Å². The molecule has 1 atom stereocenters. The van der Waals surface area contributed by atoms with Gasteiger partial charge >= 0.3 is 18.1 Å². The predicted molar refractivity (Wildman–Crippen MR) is 92.5 cm³/mol. The molecule has 12 nitrogen and oxygen atoms in total. The average Bonchev–Trinajstić information content (AvgIpc) is 2.37. The lowest BCUT2D eigenvalue weighted by Crippen LogP contribution is -2.41. The smallest absolute Gasteiger partial charge is 0.373 e. The van der Waals surface area contributed by atoms with Crippen molar-refractivity contribution in [1.82, 2.24) is 6.15 Å². The normalized spacial score (nSPS) is 9.44. The first-order chi connectivity index (χ1) is 10.5. The van der Waals surface area contributed by atoms with Crippen LogP contribution in [0.25, 0.3) is 0 Å². The zero-order valence-electron chi connectivity index (χ0n) is 16.4. The average molecular weight is 409 g/mol. The topological polar surface area (TPSA) is 260 Å². The quantitative estimate of drug-likeness (QED) is 0.314. The molecular weight excluding hydrogens is 375 g/mol. The zero-order chi connectivity index (χ0) is 20.7. The summed E-state index contributed by atoms with van der Waals surface area (Å²) < 4.78 is 0. The highest BCUT2D eigenvalue weighted by Gasteiger charge is 2.27. The third-order valence-electron chi connectivity index (χ3n) is 2.07. The van der Waals surface area contributed by atoms with E-state index in [9.17, 15) is 14.4 Å². The number of carboxylic acids is 2. The van der Waals surface area contributed by atoms with Crippen molar-refractivity contribution < 1.29 is 55.7 Å². The molecule has 0 aliphatic heterocycles. The van der Waals surface area contributed by atoms with Crippen molar-refractivity contribution in [3.63, 3.8) is 0 Å². The van der Waals surface area contributed by atoms with Gasteiger partial charge in [0, 0.05) is 13.3 Å². The predicted octanol–water partition coefficient (Wildman–Crippen LogP) is -1.14. The Balaban J connectivity index is -0.0000000334. The van der Waals surface area contributed by atoms with Gasteiger partial charge in [-0.3, -0.25) is 14.3 Å². The molecule has 13 heteroatoms. The maximum absolute atomic E-state index is 10.6. The first-order valence-corrected chi connectivity index (χ1v) is 6.35. The molecule has 0 unspecified atom stereocenters. The van der Waals surface area contributed by atoms with Crippen LogP contribution in [0.5, 0.6) is 0 Å². The van der Waals surface area contributed by atoms with Gasteiger partial charge in [0.25, 0.3) is 0 Å². The molecular formula is C14H33FN2O10. The highest BCUT2D eigenvalue weighted by Crippen LogP contribution is 2.16. The number of aliphatic carboxylic acids is 2. The molecule has 0 fully saturated rings. The van der Waals surface area contributed by atoms with E-state index < -0.39 is 35.7 Å². The fourth-order valence-electron chi connectivity index (χ4n) is 0.691. The molecule has 0 aliphatic rings. The molecule has 0 radical (unpaired) electrons. The van der Waals surface area contributed by atoms with E-state index in [0.717, 1.165) is 0 Å². The summed E-state index contributed by atoms with van der Waals surface area (Å²) in [5.74, 6) is -3.05. The van der Waals surface area contributed by atoms with E-state index in [0.29, 0.717) is 0 Å². The Morgan fingerprint density at radius 2 is 1.30 bits per heavy atom. The van der Waals surface area contributed by atoms with Gasteiger partial charge in [-0.25, -0.2) is 4.79 Å². The minimum Gasteiger partial charge on any atom is -0.554 e. The highest BCUT2D eigenvalue weighted by atomic mass is 19.0. The van der Waals surface area contributed by atoms with Crippen LogP contribution >= 0.6 is 0 Å². The van der Waals surface area contributed by atoms with Gasteiger partial charge in [-0.05, 0) is 5.41 Å². The third-order valence-corrected chi connectivity index (χ3v) is 2.07. The second-order valence-corrected chi connectivity index (χ2v) is 6.25. The van der Waals surface area contributed by atoms with Gasteiger partial charge in [0.05, 0.1) is 0 Å². The number of rotatable bonds is 2. The van der Waals surface area contributed by atoms with E-state index >= 15 is 0 Å². The van der Waals surface area contributed by atoms with Crippen molar-refractivity contribution in [2.75, 3.05) is 0 Å². The number of carbonyl (C=O) groups excluding carboxylic acids is 4. The zero-order valence-corrected chi connectivity index (χ0v) is 16.4.